The molecule has 5 nitrogen and oxygen atoms in total. The first-order valence-corrected chi connectivity index (χ1v) is 7.84. The zero-order chi connectivity index (χ0) is 15.4. The summed E-state index contributed by atoms with van der Waals surface area (Å²) in [7, 11) is 1.64. The van der Waals surface area contributed by atoms with Gasteiger partial charge in [0.15, 0.2) is 0 Å². The van der Waals surface area contributed by atoms with Crippen molar-refractivity contribution in [1.29, 1.82) is 0 Å². The molecular weight excluding hydrogens is 332 g/mol. The Kier molecular flexibility index (Phi) is 5.36. The molecule has 1 N–H and O–H groups in total. The van der Waals surface area contributed by atoms with E-state index < -0.39 is 0 Å². The Labute approximate surface area is 133 Å². The predicted octanol–water partition coefficient (Wildman–Crippen LogP) is 3.33. The first-order chi connectivity index (χ1) is 10.1. The summed E-state index contributed by atoms with van der Waals surface area (Å²) in [5, 5.41) is 7.97. The zero-order valence-corrected chi connectivity index (χ0v) is 14.4. The van der Waals surface area contributed by atoms with Crippen LogP contribution in [0.3, 0.4) is 0 Å². The van der Waals surface area contributed by atoms with Crippen molar-refractivity contribution in [1.82, 2.24) is 20.1 Å². The molecule has 21 heavy (non-hydrogen) atoms. The molecule has 0 saturated carbocycles. The molecule has 2 heterocycles. The molecule has 1 atom stereocenters. The normalized spacial score (nSPS) is 12.7. The molecule has 2 aromatic rings. The van der Waals surface area contributed by atoms with E-state index in [1.165, 1.54) is 0 Å². The average molecular weight is 353 g/mol. The summed E-state index contributed by atoms with van der Waals surface area (Å²) < 4.78 is 8.41. The van der Waals surface area contributed by atoms with Gasteiger partial charge in [0.2, 0.25) is 5.88 Å². The van der Waals surface area contributed by atoms with Crippen molar-refractivity contribution in [3.8, 4) is 5.88 Å². The topological polar surface area (TPSA) is 52.0 Å². The van der Waals surface area contributed by atoms with Crippen molar-refractivity contribution in [3.63, 3.8) is 0 Å². The molecule has 0 saturated heterocycles. The third-order valence-electron chi connectivity index (χ3n) is 3.26. The molecule has 0 spiro atoms. The highest BCUT2D eigenvalue weighted by molar-refractivity contribution is 9.10. The van der Waals surface area contributed by atoms with Gasteiger partial charge in [0, 0.05) is 17.8 Å². The van der Waals surface area contributed by atoms with Crippen molar-refractivity contribution >= 4 is 15.9 Å². The minimum atomic E-state index is -0.0297. The van der Waals surface area contributed by atoms with Crippen LogP contribution in [0.5, 0.6) is 5.88 Å². The first kappa shape index (κ1) is 16.0. The third-order valence-corrected chi connectivity index (χ3v) is 3.87. The van der Waals surface area contributed by atoms with E-state index in [0.717, 1.165) is 22.3 Å². The summed E-state index contributed by atoms with van der Waals surface area (Å²) >= 11 is 3.62. The smallest absolute Gasteiger partial charge is 0.218 e. The van der Waals surface area contributed by atoms with Crippen LogP contribution in [0, 0.1) is 0 Å². The van der Waals surface area contributed by atoms with Gasteiger partial charge < -0.3 is 10.1 Å². The van der Waals surface area contributed by atoms with Crippen LogP contribution < -0.4 is 10.1 Å². The van der Waals surface area contributed by atoms with Gasteiger partial charge in [-0.1, -0.05) is 13.0 Å². The van der Waals surface area contributed by atoms with Crippen LogP contribution in [0.25, 0.3) is 0 Å². The number of methoxy groups -OCH3 is 1. The van der Waals surface area contributed by atoms with Gasteiger partial charge in [-0.2, -0.15) is 5.10 Å². The summed E-state index contributed by atoms with van der Waals surface area (Å²) in [6.45, 7) is 7.15. The van der Waals surface area contributed by atoms with Crippen LogP contribution in [-0.4, -0.2) is 28.4 Å². The molecule has 0 bridgehead atoms. The van der Waals surface area contributed by atoms with Crippen LogP contribution in [0.15, 0.2) is 29.0 Å². The second-order valence-electron chi connectivity index (χ2n) is 5.01. The van der Waals surface area contributed by atoms with E-state index in [9.17, 15) is 0 Å². The van der Waals surface area contributed by atoms with Crippen molar-refractivity contribution in [3.05, 3.63) is 40.3 Å². The maximum atomic E-state index is 5.41. The number of hydrogen-bond acceptors (Lipinski definition) is 4. The second kappa shape index (κ2) is 7.04. The maximum Gasteiger partial charge on any atom is 0.218 e. The Morgan fingerprint density at radius 1 is 1.43 bits per heavy atom. The zero-order valence-electron chi connectivity index (χ0n) is 12.8. The SMILES string of the molecule is CCNC(c1cccnc1OC)c1c(Br)cnn1C(C)C. The number of rotatable bonds is 6. The molecule has 0 aliphatic rings. The molecule has 0 aliphatic carbocycles. The van der Waals surface area contributed by atoms with E-state index >= 15 is 0 Å². The van der Waals surface area contributed by atoms with Crippen molar-refractivity contribution in [2.45, 2.75) is 32.9 Å². The first-order valence-electron chi connectivity index (χ1n) is 7.05. The van der Waals surface area contributed by atoms with E-state index in [-0.39, 0.29) is 12.1 Å². The predicted molar refractivity (Wildman–Crippen MR) is 86.6 cm³/mol. The van der Waals surface area contributed by atoms with E-state index in [0.29, 0.717) is 5.88 Å². The lowest BCUT2D eigenvalue weighted by atomic mass is 10.0. The minimum Gasteiger partial charge on any atom is -0.481 e. The van der Waals surface area contributed by atoms with E-state index in [4.69, 9.17) is 4.74 Å². The molecule has 0 aromatic carbocycles. The Bertz CT molecular complexity index is 597. The Morgan fingerprint density at radius 2 is 2.19 bits per heavy atom. The van der Waals surface area contributed by atoms with E-state index in [1.54, 1.807) is 13.3 Å². The molecular formula is C15H21BrN4O. The Hall–Kier alpha value is -1.40. The van der Waals surface area contributed by atoms with Gasteiger partial charge in [-0.3, -0.25) is 4.68 Å². The Balaban J connectivity index is 2.56. The van der Waals surface area contributed by atoms with Gasteiger partial charge in [-0.05, 0) is 42.4 Å². The molecule has 6 heteroatoms. The van der Waals surface area contributed by atoms with Crippen LogP contribution in [0.4, 0.5) is 0 Å². The number of pyridine rings is 1. The number of hydrogen-bond donors (Lipinski definition) is 1. The molecule has 1 unspecified atom stereocenters. The number of halogens is 1. The summed E-state index contributed by atoms with van der Waals surface area (Å²) in [5.41, 5.74) is 2.09. The van der Waals surface area contributed by atoms with Gasteiger partial charge in [0.1, 0.15) is 0 Å². The maximum absolute atomic E-state index is 5.41. The van der Waals surface area contributed by atoms with Gasteiger partial charge in [0.25, 0.3) is 0 Å². The monoisotopic (exact) mass is 352 g/mol. The van der Waals surface area contributed by atoms with E-state index in [2.05, 4.69) is 52.1 Å². The summed E-state index contributed by atoms with van der Waals surface area (Å²) in [6.07, 6.45) is 3.57. The summed E-state index contributed by atoms with van der Waals surface area (Å²) in [4.78, 5) is 4.31. The van der Waals surface area contributed by atoms with Gasteiger partial charge >= 0.3 is 0 Å². The standard InChI is InChI=1S/C15H21BrN4O/c1-5-17-13(11-7-6-8-18-15(11)21-4)14-12(16)9-19-20(14)10(2)3/h6-10,13,17H,5H2,1-4H3. The largest absolute Gasteiger partial charge is 0.481 e. The number of aromatic nitrogens is 3. The Morgan fingerprint density at radius 3 is 2.81 bits per heavy atom. The molecule has 114 valence electrons. The lowest BCUT2D eigenvalue weighted by molar-refractivity contribution is 0.383. The molecule has 0 radical (unpaired) electrons. The molecule has 0 fully saturated rings. The van der Waals surface area contributed by atoms with Crippen LogP contribution in [0.2, 0.25) is 0 Å². The fraction of sp³-hybridized carbons (Fsp3) is 0.467. The molecule has 0 amide bonds. The summed E-state index contributed by atoms with van der Waals surface area (Å²) in [5.74, 6) is 0.631. The van der Waals surface area contributed by atoms with Gasteiger partial charge in [0.05, 0.1) is 29.5 Å². The molecule has 0 aliphatic heterocycles. The van der Waals surface area contributed by atoms with Crippen molar-refractivity contribution in [2.75, 3.05) is 13.7 Å². The summed E-state index contributed by atoms with van der Waals surface area (Å²) in [6, 6.07) is 4.20. The third kappa shape index (κ3) is 3.27. The number of nitrogens with one attached hydrogen (secondary N) is 1. The van der Waals surface area contributed by atoms with E-state index in [1.807, 2.05) is 23.0 Å². The van der Waals surface area contributed by atoms with Crippen LogP contribution in [0.1, 0.15) is 44.1 Å². The molecule has 2 aromatic heterocycles. The highest BCUT2D eigenvalue weighted by Gasteiger charge is 2.25. The van der Waals surface area contributed by atoms with Gasteiger partial charge in [-0.15, -0.1) is 0 Å². The minimum absolute atomic E-state index is 0.0297. The number of ether oxygens (including phenoxy) is 1. The lowest BCUT2D eigenvalue weighted by Gasteiger charge is -2.23. The highest BCUT2D eigenvalue weighted by atomic mass is 79.9. The quantitative estimate of drug-likeness (QED) is 0.866. The lowest BCUT2D eigenvalue weighted by Crippen LogP contribution is -2.26. The van der Waals surface area contributed by atoms with Crippen LogP contribution in [-0.2, 0) is 0 Å². The average Bonchev–Trinajstić information content (AvgIpc) is 2.86. The number of nitrogens with zero attached hydrogens (tertiary/aromatic N) is 3. The second-order valence-corrected chi connectivity index (χ2v) is 5.86. The van der Waals surface area contributed by atoms with Crippen molar-refractivity contribution in [2.24, 2.45) is 0 Å². The fourth-order valence-corrected chi connectivity index (χ4v) is 2.89. The fourth-order valence-electron chi connectivity index (χ4n) is 2.38. The van der Waals surface area contributed by atoms with Crippen molar-refractivity contribution < 1.29 is 4.74 Å². The van der Waals surface area contributed by atoms with Crippen LogP contribution >= 0.6 is 15.9 Å². The van der Waals surface area contributed by atoms with Gasteiger partial charge in [-0.25, -0.2) is 4.98 Å². The molecule has 2 rings (SSSR count). The highest BCUT2D eigenvalue weighted by Crippen LogP contribution is 2.33.